The predicted molar refractivity (Wildman–Crippen MR) is 90.1 cm³/mol. The van der Waals surface area contributed by atoms with Crippen LogP contribution in [0.1, 0.15) is 12.5 Å². The van der Waals surface area contributed by atoms with Gasteiger partial charge in [-0.2, -0.15) is 0 Å². The molecular formula is C18H18N2S. The first-order valence-corrected chi connectivity index (χ1v) is 8.11. The molecule has 0 aliphatic carbocycles. The van der Waals surface area contributed by atoms with E-state index in [0.717, 1.165) is 16.6 Å². The van der Waals surface area contributed by atoms with Gasteiger partial charge in [-0.1, -0.05) is 67.2 Å². The Morgan fingerprint density at radius 3 is 2.43 bits per heavy atom. The Balaban J connectivity index is 2.21. The van der Waals surface area contributed by atoms with Crippen molar-refractivity contribution < 1.29 is 0 Å². The lowest BCUT2D eigenvalue weighted by atomic mass is 10.1. The van der Waals surface area contributed by atoms with Crippen molar-refractivity contribution in [2.24, 2.45) is 0 Å². The minimum atomic E-state index is 1.01. The highest BCUT2D eigenvalue weighted by Gasteiger charge is 2.14. The fourth-order valence-corrected chi connectivity index (χ4v) is 3.14. The van der Waals surface area contributed by atoms with Gasteiger partial charge >= 0.3 is 0 Å². The molecule has 0 saturated heterocycles. The topological polar surface area (TPSA) is 17.8 Å². The van der Waals surface area contributed by atoms with Gasteiger partial charge in [0.25, 0.3) is 0 Å². The van der Waals surface area contributed by atoms with E-state index in [1.54, 1.807) is 11.8 Å². The average molecular weight is 294 g/mol. The number of benzene rings is 2. The number of imidazole rings is 1. The Morgan fingerprint density at radius 1 is 1.00 bits per heavy atom. The molecule has 0 radical (unpaired) electrons. The fraction of sp³-hybridized carbons (Fsp3) is 0.167. The summed E-state index contributed by atoms with van der Waals surface area (Å²) in [4.78, 5) is 4.63. The van der Waals surface area contributed by atoms with Crippen molar-refractivity contribution in [2.75, 3.05) is 5.75 Å². The zero-order valence-corrected chi connectivity index (χ0v) is 13.1. The summed E-state index contributed by atoms with van der Waals surface area (Å²) in [5.74, 6) is 1.01. The van der Waals surface area contributed by atoms with E-state index in [2.05, 4.69) is 71.9 Å². The predicted octanol–water partition coefficient (Wildman–Crippen LogP) is 4.96. The number of thioether (sulfide) groups is 1. The van der Waals surface area contributed by atoms with Crippen LogP contribution in [0, 0.1) is 6.92 Å². The SMILES string of the molecule is CCSc1ncc(-c2ccccc2)n1-c1ccccc1C. The zero-order chi connectivity index (χ0) is 14.7. The van der Waals surface area contributed by atoms with Crippen molar-refractivity contribution in [3.8, 4) is 16.9 Å². The average Bonchev–Trinajstić information content (AvgIpc) is 2.93. The zero-order valence-electron chi connectivity index (χ0n) is 12.3. The molecule has 3 rings (SSSR count). The summed E-state index contributed by atoms with van der Waals surface area (Å²) in [6.45, 7) is 4.30. The molecule has 3 heteroatoms. The highest BCUT2D eigenvalue weighted by molar-refractivity contribution is 7.99. The van der Waals surface area contributed by atoms with Gasteiger partial charge in [-0.15, -0.1) is 0 Å². The molecule has 0 fully saturated rings. The minimum absolute atomic E-state index is 1.01. The molecule has 0 saturated carbocycles. The Kier molecular flexibility index (Phi) is 4.11. The van der Waals surface area contributed by atoms with Gasteiger partial charge in [0.05, 0.1) is 17.6 Å². The molecule has 0 aliphatic rings. The van der Waals surface area contributed by atoms with E-state index < -0.39 is 0 Å². The van der Waals surface area contributed by atoms with Gasteiger partial charge in [-0.05, 0) is 24.3 Å². The maximum atomic E-state index is 4.63. The summed E-state index contributed by atoms with van der Waals surface area (Å²) in [7, 11) is 0. The molecule has 1 heterocycles. The van der Waals surface area contributed by atoms with Gasteiger partial charge in [-0.3, -0.25) is 4.57 Å². The fourth-order valence-electron chi connectivity index (χ4n) is 2.43. The third kappa shape index (κ3) is 2.74. The molecule has 106 valence electrons. The second-order valence-electron chi connectivity index (χ2n) is 4.85. The van der Waals surface area contributed by atoms with E-state index in [4.69, 9.17) is 0 Å². The van der Waals surface area contributed by atoms with Crippen molar-refractivity contribution in [1.82, 2.24) is 9.55 Å². The standard InChI is InChI=1S/C18H18N2S/c1-3-21-18-19-13-17(15-10-5-4-6-11-15)20(18)16-12-8-7-9-14(16)2/h4-13H,3H2,1-2H3. The van der Waals surface area contributed by atoms with Crippen molar-refractivity contribution in [2.45, 2.75) is 19.0 Å². The lowest BCUT2D eigenvalue weighted by Gasteiger charge is -2.14. The van der Waals surface area contributed by atoms with Crippen LogP contribution in [0.3, 0.4) is 0 Å². The molecule has 2 nitrogen and oxygen atoms in total. The lowest BCUT2D eigenvalue weighted by Crippen LogP contribution is -2.01. The summed E-state index contributed by atoms with van der Waals surface area (Å²) in [6.07, 6.45) is 1.97. The smallest absolute Gasteiger partial charge is 0.173 e. The number of hydrogen-bond acceptors (Lipinski definition) is 2. The summed E-state index contributed by atoms with van der Waals surface area (Å²) in [5, 5.41) is 1.05. The number of aryl methyl sites for hydroxylation is 1. The van der Waals surface area contributed by atoms with Crippen LogP contribution in [-0.2, 0) is 0 Å². The van der Waals surface area contributed by atoms with Crippen molar-refractivity contribution in [3.05, 3.63) is 66.4 Å². The van der Waals surface area contributed by atoms with Crippen molar-refractivity contribution >= 4 is 11.8 Å². The van der Waals surface area contributed by atoms with Gasteiger partial charge in [-0.25, -0.2) is 4.98 Å². The van der Waals surface area contributed by atoms with Gasteiger partial charge < -0.3 is 0 Å². The lowest BCUT2D eigenvalue weighted by molar-refractivity contribution is 0.894. The van der Waals surface area contributed by atoms with E-state index in [-0.39, 0.29) is 0 Å². The van der Waals surface area contributed by atoms with E-state index >= 15 is 0 Å². The van der Waals surface area contributed by atoms with Crippen LogP contribution in [0.4, 0.5) is 0 Å². The van der Waals surface area contributed by atoms with E-state index in [0.29, 0.717) is 0 Å². The van der Waals surface area contributed by atoms with Crippen LogP contribution in [0.15, 0.2) is 66.0 Å². The Hall–Kier alpha value is -2.00. The molecule has 0 aliphatic heterocycles. The molecule has 2 aromatic carbocycles. The minimum Gasteiger partial charge on any atom is -0.287 e. The van der Waals surface area contributed by atoms with E-state index in [9.17, 15) is 0 Å². The first kappa shape index (κ1) is 14.0. The quantitative estimate of drug-likeness (QED) is 0.633. The molecular weight excluding hydrogens is 276 g/mol. The Labute approximate surface area is 129 Å². The van der Waals surface area contributed by atoms with Crippen LogP contribution in [0.5, 0.6) is 0 Å². The number of rotatable bonds is 4. The highest BCUT2D eigenvalue weighted by atomic mass is 32.2. The summed E-state index contributed by atoms with van der Waals surface area (Å²) in [6, 6.07) is 18.9. The Morgan fingerprint density at radius 2 is 1.71 bits per heavy atom. The highest BCUT2D eigenvalue weighted by Crippen LogP contribution is 2.30. The number of nitrogens with zero attached hydrogens (tertiary/aromatic N) is 2. The largest absolute Gasteiger partial charge is 0.287 e. The van der Waals surface area contributed by atoms with Gasteiger partial charge in [0.1, 0.15) is 0 Å². The third-order valence-corrected chi connectivity index (χ3v) is 4.26. The van der Waals surface area contributed by atoms with Crippen LogP contribution in [-0.4, -0.2) is 15.3 Å². The maximum Gasteiger partial charge on any atom is 0.173 e. The molecule has 1 aromatic heterocycles. The molecule has 0 atom stereocenters. The normalized spacial score (nSPS) is 10.8. The van der Waals surface area contributed by atoms with Crippen molar-refractivity contribution in [1.29, 1.82) is 0 Å². The van der Waals surface area contributed by atoms with Crippen molar-refractivity contribution in [3.63, 3.8) is 0 Å². The van der Waals surface area contributed by atoms with E-state index in [1.165, 1.54) is 16.8 Å². The molecule has 0 unspecified atom stereocenters. The molecule has 0 N–H and O–H groups in total. The molecule has 0 bridgehead atoms. The second kappa shape index (κ2) is 6.19. The van der Waals surface area contributed by atoms with Gasteiger partial charge in [0, 0.05) is 5.56 Å². The molecule has 3 aromatic rings. The third-order valence-electron chi connectivity index (χ3n) is 3.43. The van der Waals surface area contributed by atoms with E-state index in [1.807, 2.05) is 12.3 Å². The van der Waals surface area contributed by atoms with Crippen LogP contribution >= 0.6 is 11.8 Å². The summed E-state index contributed by atoms with van der Waals surface area (Å²) < 4.78 is 2.26. The summed E-state index contributed by atoms with van der Waals surface area (Å²) in [5.41, 5.74) is 4.78. The first-order valence-electron chi connectivity index (χ1n) is 7.13. The Bertz CT molecular complexity index is 732. The monoisotopic (exact) mass is 294 g/mol. The molecule has 0 amide bonds. The maximum absolute atomic E-state index is 4.63. The van der Waals surface area contributed by atoms with Gasteiger partial charge in [0.2, 0.25) is 0 Å². The number of hydrogen-bond donors (Lipinski definition) is 0. The van der Waals surface area contributed by atoms with Crippen LogP contribution in [0.25, 0.3) is 16.9 Å². The first-order chi connectivity index (χ1) is 10.3. The van der Waals surface area contributed by atoms with Gasteiger partial charge in [0.15, 0.2) is 5.16 Å². The second-order valence-corrected chi connectivity index (χ2v) is 6.08. The molecule has 0 spiro atoms. The summed E-state index contributed by atoms with van der Waals surface area (Å²) >= 11 is 1.77. The number of aromatic nitrogens is 2. The molecule has 21 heavy (non-hydrogen) atoms. The number of para-hydroxylation sites is 1. The van der Waals surface area contributed by atoms with Crippen LogP contribution in [0.2, 0.25) is 0 Å². The van der Waals surface area contributed by atoms with Crippen LogP contribution < -0.4 is 0 Å².